The van der Waals surface area contributed by atoms with Crippen molar-refractivity contribution < 1.29 is 28.9 Å². The van der Waals surface area contributed by atoms with Crippen molar-refractivity contribution in [1.29, 1.82) is 0 Å². The maximum atomic E-state index is 10.7. The fourth-order valence-electron chi connectivity index (χ4n) is 4.07. The Morgan fingerprint density at radius 2 is 1.74 bits per heavy atom. The SMILES string of the molecule is Cc1cc(C)c(-c2cc([C@@H](O)[C@@H]3O[C@H]4OC(C)(C)O[C@@H]4[C@H]3O)on2)c(C)c1. The van der Waals surface area contributed by atoms with Crippen molar-refractivity contribution in [2.75, 3.05) is 0 Å². The minimum atomic E-state index is -1.19. The van der Waals surface area contributed by atoms with E-state index in [1.54, 1.807) is 19.9 Å². The number of fused-ring (bicyclic) bond motifs is 1. The number of aliphatic hydroxyl groups is 2. The Labute approximate surface area is 157 Å². The van der Waals surface area contributed by atoms with E-state index in [4.69, 9.17) is 18.7 Å². The van der Waals surface area contributed by atoms with Gasteiger partial charge in [0.1, 0.15) is 30.1 Å². The average Bonchev–Trinajstić information content (AvgIpc) is 3.21. The van der Waals surface area contributed by atoms with Crippen LogP contribution >= 0.6 is 0 Å². The molecule has 2 aliphatic rings. The van der Waals surface area contributed by atoms with E-state index < -0.39 is 36.5 Å². The number of hydrogen-bond acceptors (Lipinski definition) is 7. The maximum absolute atomic E-state index is 10.7. The molecule has 0 amide bonds. The molecule has 0 bridgehead atoms. The number of aryl methyl sites for hydroxylation is 3. The van der Waals surface area contributed by atoms with E-state index in [-0.39, 0.29) is 5.76 Å². The van der Waals surface area contributed by atoms with Crippen molar-refractivity contribution in [3.63, 3.8) is 0 Å². The molecular weight excluding hydrogens is 350 g/mol. The third-order valence-corrected chi connectivity index (χ3v) is 5.12. The summed E-state index contributed by atoms with van der Waals surface area (Å²) in [5, 5.41) is 25.3. The first kappa shape index (κ1) is 18.6. The van der Waals surface area contributed by atoms with Crippen LogP contribution in [0.25, 0.3) is 11.3 Å². The minimum absolute atomic E-state index is 0.229. The Hall–Kier alpha value is -1.77. The average molecular weight is 375 g/mol. The fourth-order valence-corrected chi connectivity index (χ4v) is 4.07. The quantitative estimate of drug-likeness (QED) is 0.851. The molecule has 7 nitrogen and oxygen atoms in total. The van der Waals surface area contributed by atoms with Crippen molar-refractivity contribution in [2.24, 2.45) is 0 Å². The molecule has 146 valence electrons. The highest BCUT2D eigenvalue weighted by Gasteiger charge is 2.56. The molecule has 2 aromatic rings. The van der Waals surface area contributed by atoms with Crippen molar-refractivity contribution in [2.45, 2.75) is 71.1 Å². The van der Waals surface area contributed by atoms with Gasteiger partial charge < -0.3 is 28.9 Å². The number of aromatic nitrogens is 1. The number of hydrogen-bond donors (Lipinski definition) is 2. The zero-order chi connectivity index (χ0) is 19.5. The zero-order valence-electron chi connectivity index (χ0n) is 16.1. The topological polar surface area (TPSA) is 94.2 Å². The molecule has 0 aliphatic carbocycles. The first-order valence-corrected chi connectivity index (χ1v) is 9.08. The normalized spacial score (nSPS) is 30.5. The second-order valence-electron chi connectivity index (χ2n) is 7.89. The van der Waals surface area contributed by atoms with E-state index in [0.29, 0.717) is 5.69 Å². The lowest BCUT2D eigenvalue weighted by Crippen LogP contribution is -2.37. The summed E-state index contributed by atoms with van der Waals surface area (Å²) >= 11 is 0. The molecule has 0 unspecified atom stereocenters. The predicted molar refractivity (Wildman–Crippen MR) is 95.8 cm³/mol. The van der Waals surface area contributed by atoms with Gasteiger partial charge in [-0.05, 0) is 45.7 Å². The molecule has 27 heavy (non-hydrogen) atoms. The van der Waals surface area contributed by atoms with E-state index in [1.807, 2.05) is 20.8 Å². The molecule has 7 heteroatoms. The van der Waals surface area contributed by atoms with Crippen LogP contribution in [-0.4, -0.2) is 45.8 Å². The van der Waals surface area contributed by atoms with Crippen molar-refractivity contribution in [3.8, 4) is 11.3 Å². The summed E-state index contributed by atoms with van der Waals surface area (Å²) in [5.74, 6) is -0.598. The molecular formula is C20H25NO6. The van der Waals surface area contributed by atoms with E-state index in [2.05, 4.69) is 17.3 Å². The van der Waals surface area contributed by atoms with Gasteiger partial charge in [0, 0.05) is 11.6 Å². The predicted octanol–water partition coefficient (Wildman–Crippen LogP) is 2.54. The summed E-state index contributed by atoms with van der Waals surface area (Å²) < 4.78 is 22.3. The van der Waals surface area contributed by atoms with Crippen LogP contribution in [0.1, 0.15) is 42.4 Å². The van der Waals surface area contributed by atoms with Gasteiger partial charge >= 0.3 is 0 Å². The molecule has 2 saturated heterocycles. The molecule has 3 heterocycles. The fraction of sp³-hybridized carbons (Fsp3) is 0.550. The van der Waals surface area contributed by atoms with E-state index in [1.165, 1.54) is 5.56 Å². The molecule has 2 N–H and O–H groups in total. The van der Waals surface area contributed by atoms with Gasteiger partial charge in [-0.15, -0.1) is 0 Å². The number of aliphatic hydroxyl groups excluding tert-OH is 2. The lowest BCUT2D eigenvalue weighted by molar-refractivity contribution is -0.227. The molecule has 1 aromatic heterocycles. The van der Waals surface area contributed by atoms with Crippen LogP contribution in [-0.2, 0) is 14.2 Å². The largest absolute Gasteiger partial charge is 0.387 e. The monoisotopic (exact) mass is 375 g/mol. The highest BCUT2D eigenvalue weighted by atomic mass is 16.8. The number of rotatable bonds is 3. The highest BCUT2D eigenvalue weighted by molar-refractivity contribution is 5.68. The van der Waals surface area contributed by atoms with Gasteiger partial charge in [0.05, 0.1) is 0 Å². The van der Waals surface area contributed by atoms with Crippen LogP contribution in [0.15, 0.2) is 22.7 Å². The maximum Gasteiger partial charge on any atom is 0.190 e. The van der Waals surface area contributed by atoms with Gasteiger partial charge in [0.2, 0.25) is 0 Å². The van der Waals surface area contributed by atoms with Crippen LogP contribution < -0.4 is 0 Å². The molecule has 4 rings (SSSR count). The van der Waals surface area contributed by atoms with Crippen LogP contribution in [0.2, 0.25) is 0 Å². The van der Waals surface area contributed by atoms with E-state index in [0.717, 1.165) is 16.7 Å². The van der Waals surface area contributed by atoms with Crippen molar-refractivity contribution >= 4 is 0 Å². The van der Waals surface area contributed by atoms with E-state index in [9.17, 15) is 10.2 Å². The van der Waals surface area contributed by atoms with E-state index >= 15 is 0 Å². The Balaban J connectivity index is 1.56. The van der Waals surface area contributed by atoms with Gasteiger partial charge in [0.15, 0.2) is 17.8 Å². The van der Waals surface area contributed by atoms with Gasteiger partial charge in [-0.25, -0.2) is 0 Å². The Kier molecular flexibility index (Phi) is 4.40. The van der Waals surface area contributed by atoms with Crippen LogP contribution in [0.3, 0.4) is 0 Å². The molecule has 0 saturated carbocycles. The summed E-state index contributed by atoms with van der Waals surface area (Å²) in [5.41, 5.74) is 4.95. The third-order valence-electron chi connectivity index (χ3n) is 5.12. The molecule has 2 aliphatic heterocycles. The highest BCUT2D eigenvalue weighted by Crippen LogP contribution is 2.41. The van der Waals surface area contributed by atoms with Crippen molar-refractivity contribution in [3.05, 3.63) is 40.6 Å². The van der Waals surface area contributed by atoms with Crippen molar-refractivity contribution in [1.82, 2.24) is 5.16 Å². The Morgan fingerprint density at radius 1 is 1.07 bits per heavy atom. The molecule has 2 fully saturated rings. The van der Waals surface area contributed by atoms with Gasteiger partial charge in [-0.1, -0.05) is 22.9 Å². The number of ether oxygens (including phenoxy) is 3. The summed E-state index contributed by atoms with van der Waals surface area (Å²) in [4.78, 5) is 0. The molecule has 0 spiro atoms. The lowest BCUT2D eigenvalue weighted by atomic mass is 9.96. The molecule has 1 aromatic carbocycles. The smallest absolute Gasteiger partial charge is 0.190 e. The van der Waals surface area contributed by atoms with Gasteiger partial charge in [-0.2, -0.15) is 0 Å². The first-order chi connectivity index (χ1) is 12.7. The van der Waals surface area contributed by atoms with Crippen LogP contribution in [0, 0.1) is 20.8 Å². The summed E-state index contributed by atoms with van der Waals surface area (Å²) in [7, 11) is 0. The second-order valence-corrected chi connectivity index (χ2v) is 7.89. The summed E-state index contributed by atoms with van der Waals surface area (Å²) in [6, 6.07) is 5.84. The standard InChI is InChI=1S/C20H25NO6/c1-9-6-10(2)14(11(3)7-9)12-8-13(27-21-12)15(22)17-16(23)18-19(24-17)26-20(4,5)25-18/h6-8,15-19,22-23H,1-5H3/t15-,16+,17+,18-,19+/m1/s1. The second kappa shape index (κ2) is 6.39. The number of nitrogens with zero attached hydrogens (tertiary/aromatic N) is 1. The number of benzene rings is 1. The lowest BCUT2D eigenvalue weighted by Gasteiger charge is -2.24. The third kappa shape index (κ3) is 3.19. The Morgan fingerprint density at radius 3 is 2.37 bits per heavy atom. The van der Waals surface area contributed by atoms with Gasteiger partial charge in [-0.3, -0.25) is 0 Å². The summed E-state index contributed by atoms with van der Waals surface area (Å²) in [6.45, 7) is 9.58. The molecule has 5 atom stereocenters. The van der Waals surface area contributed by atoms with Crippen LogP contribution in [0.5, 0.6) is 0 Å². The minimum Gasteiger partial charge on any atom is -0.387 e. The zero-order valence-corrected chi connectivity index (χ0v) is 16.1. The van der Waals surface area contributed by atoms with Gasteiger partial charge in [0.25, 0.3) is 0 Å². The summed E-state index contributed by atoms with van der Waals surface area (Å²) in [6.07, 6.45) is -4.52. The Bertz CT molecular complexity index is 837. The first-order valence-electron chi connectivity index (χ1n) is 9.08. The molecule has 0 radical (unpaired) electrons. The van der Waals surface area contributed by atoms with Crippen LogP contribution in [0.4, 0.5) is 0 Å².